The first-order chi connectivity index (χ1) is 11.3. The number of carbonyl (C=O) groups is 1. The van der Waals surface area contributed by atoms with Gasteiger partial charge in [0.25, 0.3) is 5.91 Å². The van der Waals surface area contributed by atoms with Crippen LogP contribution in [0.3, 0.4) is 0 Å². The highest BCUT2D eigenvalue weighted by molar-refractivity contribution is 5.98. The predicted octanol–water partition coefficient (Wildman–Crippen LogP) is 2.79. The third-order valence-corrected chi connectivity index (χ3v) is 4.73. The maximum atomic E-state index is 12.5. The number of benzene rings is 1. The molecule has 1 aliphatic heterocycles. The molecule has 1 saturated heterocycles. The van der Waals surface area contributed by atoms with Gasteiger partial charge in [-0.3, -0.25) is 9.69 Å². The number of para-hydroxylation sites is 1. The van der Waals surface area contributed by atoms with Gasteiger partial charge in [-0.25, -0.2) is 0 Å². The zero-order chi connectivity index (χ0) is 17.3. The van der Waals surface area contributed by atoms with Gasteiger partial charge in [0, 0.05) is 36.1 Å². The average Bonchev–Trinajstić information content (AvgIpc) is 2.96. The van der Waals surface area contributed by atoms with Crippen LogP contribution in [0.1, 0.15) is 38.2 Å². The minimum absolute atomic E-state index is 0.0615. The number of morpholine rings is 1. The van der Waals surface area contributed by atoms with E-state index in [1.54, 1.807) is 0 Å². The summed E-state index contributed by atoms with van der Waals surface area (Å²) in [7, 11) is 0. The van der Waals surface area contributed by atoms with Crippen LogP contribution in [-0.2, 0) is 4.74 Å². The van der Waals surface area contributed by atoms with E-state index in [0.29, 0.717) is 12.2 Å². The fourth-order valence-corrected chi connectivity index (χ4v) is 3.37. The molecule has 0 radical (unpaired) electrons. The number of fused-ring (bicyclic) bond motifs is 1. The first kappa shape index (κ1) is 17.0. The predicted molar refractivity (Wildman–Crippen MR) is 96.3 cm³/mol. The SMILES string of the molecule is CC1CN(C(C)(C)CNC(=O)c2cc3ccccc3[nH]2)CC(C)O1. The van der Waals surface area contributed by atoms with E-state index in [1.165, 1.54) is 0 Å². The van der Waals surface area contributed by atoms with Crippen molar-refractivity contribution in [3.05, 3.63) is 36.0 Å². The van der Waals surface area contributed by atoms with Crippen LogP contribution >= 0.6 is 0 Å². The molecule has 1 aromatic heterocycles. The van der Waals surface area contributed by atoms with E-state index in [9.17, 15) is 4.79 Å². The third-order valence-electron chi connectivity index (χ3n) is 4.73. The van der Waals surface area contributed by atoms with Crippen LogP contribution in [0.5, 0.6) is 0 Å². The van der Waals surface area contributed by atoms with Crippen LogP contribution in [0.25, 0.3) is 10.9 Å². The molecule has 0 bridgehead atoms. The lowest BCUT2D eigenvalue weighted by molar-refractivity contribution is -0.0948. The number of rotatable bonds is 4. The summed E-state index contributed by atoms with van der Waals surface area (Å²) in [5.74, 6) is -0.0615. The molecule has 0 spiro atoms. The van der Waals surface area contributed by atoms with Crippen LogP contribution in [0.2, 0.25) is 0 Å². The highest BCUT2D eigenvalue weighted by Gasteiger charge is 2.33. The number of H-pyrrole nitrogens is 1. The van der Waals surface area contributed by atoms with Crippen molar-refractivity contribution in [2.75, 3.05) is 19.6 Å². The second-order valence-corrected chi connectivity index (χ2v) is 7.43. The molecule has 1 amide bonds. The van der Waals surface area contributed by atoms with Gasteiger partial charge in [-0.15, -0.1) is 0 Å². The minimum atomic E-state index is -0.117. The summed E-state index contributed by atoms with van der Waals surface area (Å²) < 4.78 is 5.81. The van der Waals surface area contributed by atoms with E-state index < -0.39 is 0 Å². The number of hydrogen-bond acceptors (Lipinski definition) is 3. The fraction of sp³-hybridized carbons (Fsp3) is 0.526. The fourth-order valence-electron chi connectivity index (χ4n) is 3.37. The summed E-state index contributed by atoms with van der Waals surface area (Å²) in [4.78, 5) is 18.1. The Bertz CT molecular complexity index is 679. The summed E-state index contributed by atoms with van der Waals surface area (Å²) in [5.41, 5.74) is 1.47. The largest absolute Gasteiger partial charge is 0.373 e. The number of amides is 1. The number of nitrogens with one attached hydrogen (secondary N) is 2. The molecule has 0 aliphatic carbocycles. The van der Waals surface area contributed by atoms with Gasteiger partial charge >= 0.3 is 0 Å². The molecule has 5 heteroatoms. The Kier molecular flexibility index (Phi) is 4.65. The van der Waals surface area contributed by atoms with Crippen molar-refractivity contribution < 1.29 is 9.53 Å². The molecule has 130 valence electrons. The zero-order valence-corrected chi connectivity index (χ0v) is 14.9. The van der Waals surface area contributed by atoms with Gasteiger partial charge in [-0.2, -0.15) is 0 Å². The van der Waals surface area contributed by atoms with E-state index in [-0.39, 0.29) is 23.7 Å². The monoisotopic (exact) mass is 329 g/mol. The molecule has 5 nitrogen and oxygen atoms in total. The van der Waals surface area contributed by atoms with Crippen LogP contribution in [0.4, 0.5) is 0 Å². The zero-order valence-electron chi connectivity index (χ0n) is 14.9. The minimum Gasteiger partial charge on any atom is -0.373 e. The van der Waals surface area contributed by atoms with E-state index in [0.717, 1.165) is 24.0 Å². The topological polar surface area (TPSA) is 57.4 Å². The van der Waals surface area contributed by atoms with Crippen LogP contribution in [0, 0.1) is 0 Å². The number of aromatic nitrogens is 1. The summed E-state index contributed by atoms with van der Waals surface area (Å²) >= 11 is 0. The normalized spacial score (nSPS) is 22.7. The summed E-state index contributed by atoms with van der Waals surface area (Å²) in [6.07, 6.45) is 0.440. The van der Waals surface area contributed by atoms with Gasteiger partial charge in [0.15, 0.2) is 0 Å². The Labute approximate surface area is 143 Å². The lowest BCUT2D eigenvalue weighted by atomic mass is 10.00. The van der Waals surface area contributed by atoms with Crippen molar-refractivity contribution in [3.63, 3.8) is 0 Å². The van der Waals surface area contributed by atoms with Gasteiger partial charge in [-0.05, 0) is 39.8 Å². The number of aromatic amines is 1. The highest BCUT2D eigenvalue weighted by Crippen LogP contribution is 2.21. The van der Waals surface area contributed by atoms with Crippen molar-refractivity contribution in [2.24, 2.45) is 0 Å². The molecule has 0 saturated carbocycles. The van der Waals surface area contributed by atoms with E-state index >= 15 is 0 Å². The van der Waals surface area contributed by atoms with E-state index in [1.807, 2.05) is 30.3 Å². The maximum Gasteiger partial charge on any atom is 0.267 e. The van der Waals surface area contributed by atoms with Crippen molar-refractivity contribution >= 4 is 16.8 Å². The average molecular weight is 329 g/mol. The number of nitrogens with zero attached hydrogens (tertiary/aromatic N) is 1. The molecular formula is C19H27N3O2. The van der Waals surface area contributed by atoms with Crippen LogP contribution < -0.4 is 5.32 Å². The Hall–Kier alpha value is -1.85. The Morgan fingerprint density at radius 1 is 1.29 bits per heavy atom. The molecule has 3 rings (SSSR count). The lowest BCUT2D eigenvalue weighted by Crippen LogP contribution is -2.58. The molecule has 2 heterocycles. The number of carbonyl (C=O) groups excluding carboxylic acids is 1. The Morgan fingerprint density at radius 3 is 2.62 bits per heavy atom. The smallest absolute Gasteiger partial charge is 0.267 e. The van der Waals surface area contributed by atoms with Crippen molar-refractivity contribution in [3.8, 4) is 0 Å². The van der Waals surface area contributed by atoms with Gasteiger partial charge in [0.1, 0.15) is 5.69 Å². The van der Waals surface area contributed by atoms with Crippen molar-refractivity contribution in [2.45, 2.75) is 45.4 Å². The van der Waals surface area contributed by atoms with E-state index in [2.05, 4.69) is 42.9 Å². The van der Waals surface area contributed by atoms with E-state index in [4.69, 9.17) is 4.74 Å². The van der Waals surface area contributed by atoms with Gasteiger partial charge < -0.3 is 15.0 Å². The molecule has 2 atom stereocenters. The number of ether oxygens (including phenoxy) is 1. The molecule has 24 heavy (non-hydrogen) atoms. The quantitative estimate of drug-likeness (QED) is 0.907. The molecule has 2 aromatic rings. The first-order valence-corrected chi connectivity index (χ1v) is 8.61. The maximum absolute atomic E-state index is 12.5. The lowest BCUT2D eigenvalue weighted by Gasteiger charge is -2.45. The van der Waals surface area contributed by atoms with Gasteiger partial charge in [-0.1, -0.05) is 18.2 Å². The molecule has 1 aromatic carbocycles. The Morgan fingerprint density at radius 2 is 1.96 bits per heavy atom. The standard InChI is InChI=1S/C19H27N3O2/c1-13-10-22(11-14(2)24-13)19(3,4)12-20-18(23)17-9-15-7-5-6-8-16(15)21-17/h5-9,13-14,21H,10-12H2,1-4H3,(H,20,23). The second kappa shape index (κ2) is 6.57. The van der Waals surface area contributed by atoms with Crippen molar-refractivity contribution in [1.29, 1.82) is 0 Å². The summed E-state index contributed by atoms with van der Waals surface area (Å²) in [6.45, 7) is 10.9. The van der Waals surface area contributed by atoms with Gasteiger partial charge in [0.2, 0.25) is 0 Å². The molecule has 2 unspecified atom stereocenters. The molecular weight excluding hydrogens is 302 g/mol. The first-order valence-electron chi connectivity index (χ1n) is 8.61. The summed E-state index contributed by atoms with van der Waals surface area (Å²) in [5, 5.41) is 4.13. The van der Waals surface area contributed by atoms with Crippen LogP contribution in [-0.4, -0.2) is 53.2 Å². The third kappa shape index (κ3) is 3.62. The molecule has 2 N–H and O–H groups in total. The second-order valence-electron chi connectivity index (χ2n) is 7.43. The Balaban J connectivity index is 1.64. The molecule has 1 aliphatic rings. The highest BCUT2D eigenvalue weighted by atomic mass is 16.5. The number of hydrogen-bond donors (Lipinski definition) is 2. The van der Waals surface area contributed by atoms with Gasteiger partial charge in [0.05, 0.1) is 12.2 Å². The van der Waals surface area contributed by atoms with Crippen molar-refractivity contribution in [1.82, 2.24) is 15.2 Å². The molecule has 1 fully saturated rings. The summed E-state index contributed by atoms with van der Waals surface area (Å²) in [6, 6.07) is 9.82. The van der Waals surface area contributed by atoms with Crippen LogP contribution in [0.15, 0.2) is 30.3 Å².